The molecule has 0 aliphatic heterocycles. The summed E-state index contributed by atoms with van der Waals surface area (Å²) in [7, 11) is 5.98. The van der Waals surface area contributed by atoms with Gasteiger partial charge in [-0.25, -0.2) is 4.79 Å². The number of likely N-dealkylation sites (N-methyl/N-ethyl adjacent to an activating group) is 1. The summed E-state index contributed by atoms with van der Waals surface area (Å²) in [5.41, 5.74) is 0. The fraction of sp³-hybridized carbons (Fsp3) is 0.871. The molecular formula is C70H132NO8+. The third kappa shape index (κ3) is 63.0. The van der Waals surface area contributed by atoms with Gasteiger partial charge in [0.2, 0.25) is 0 Å². The number of carbonyl (C=O) groups excluding carboxylic acids is 2. The number of ether oxygens (including phenoxy) is 4. The van der Waals surface area contributed by atoms with Crippen LogP contribution >= 0.6 is 0 Å². The number of nitrogens with zero attached hydrogens (tertiary/aromatic N) is 1. The van der Waals surface area contributed by atoms with Crippen LogP contribution in [0.25, 0.3) is 0 Å². The minimum Gasteiger partial charge on any atom is -0.477 e. The van der Waals surface area contributed by atoms with Gasteiger partial charge in [0.05, 0.1) is 34.4 Å². The summed E-state index contributed by atoms with van der Waals surface area (Å²) in [4.78, 5) is 37.6. The van der Waals surface area contributed by atoms with Crippen LogP contribution in [0.5, 0.6) is 0 Å². The van der Waals surface area contributed by atoms with E-state index in [0.29, 0.717) is 17.4 Å². The molecule has 1 N–H and O–H groups in total. The largest absolute Gasteiger partial charge is 0.477 e. The number of allylic oxidation sites excluding steroid dienone is 6. The Hall–Kier alpha value is -2.49. The second-order valence-corrected chi connectivity index (χ2v) is 24.5. The van der Waals surface area contributed by atoms with E-state index in [1.54, 1.807) is 0 Å². The average molecular weight is 1120 g/mol. The quantitative estimate of drug-likeness (QED) is 0.0211. The number of aliphatic carboxylic acids is 1. The normalized spacial score (nSPS) is 12.9. The predicted molar refractivity (Wildman–Crippen MR) is 337 cm³/mol. The number of hydrogen-bond donors (Lipinski definition) is 1. The Balaban J connectivity index is 4.08. The maximum absolute atomic E-state index is 12.9. The van der Waals surface area contributed by atoms with Crippen LogP contribution in [0.2, 0.25) is 0 Å². The molecule has 0 bridgehead atoms. The lowest BCUT2D eigenvalue weighted by Gasteiger charge is -2.25. The zero-order valence-corrected chi connectivity index (χ0v) is 53.1. The van der Waals surface area contributed by atoms with Crippen molar-refractivity contribution in [2.45, 2.75) is 347 Å². The van der Waals surface area contributed by atoms with Crippen molar-refractivity contribution < 1.29 is 42.9 Å². The average Bonchev–Trinajstić information content (AvgIpc) is 3.42. The number of quaternary nitrogens is 1. The third-order valence-electron chi connectivity index (χ3n) is 15.4. The summed E-state index contributed by atoms with van der Waals surface area (Å²) < 4.78 is 23.0. The lowest BCUT2D eigenvalue weighted by molar-refractivity contribution is -0.870. The van der Waals surface area contributed by atoms with E-state index in [1.807, 2.05) is 21.1 Å². The van der Waals surface area contributed by atoms with E-state index in [-0.39, 0.29) is 32.2 Å². The molecule has 0 fully saturated rings. The van der Waals surface area contributed by atoms with Gasteiger partial charge in [-0.2, -0.15) is 0 Å². The number of rotatable bonds is 64. The maximum Gasteiger partial charge on any atom is 0.361 e. The molecule has 0 aliphatic rings. The van der Waals surface area contributed by atoms with Crippen molar-refractivity contribution in [2.24, 2.45) is 0 Å². The molecule has 0 aliphatic carbocycles. The van der Waals surface area contributed by atoms with Gasteiger partial charge in [0.1, 0.15) is 13.2 Å². The van der Waals surface area contributed by atoms with Crippen molar-refractivity contribution in [2.75, 3.05) is 47.5 Å². The van der Waals surface area contributed by atoms with Gasteiger partial charge in [0.15, 0.2) is 6.10 Å². The number of carboxylic acid groups (broad SMARTS) is 1. The van der Waals surface area contributed by atoms with Crippen LogP contribution in [0.1, 0.15) is 335 Å². The summed E-state index contributed by atoms with van der Waals surface area (Å²) >= 11 is 0. The molecule has 0 radical (unpaired) electrons. The Morgan fingerprint density at radius 2 is 0.684 bits per heavy atom. The smallest absolute Gasteiger partial charge is 0.361 e. The van der Waals surface area contributed by atoms with Crippen LogP contribution in [0.15, 0.2) is 36.5 Å². The minimum absolute atomic E-state index is 0.178. The Kier molecular flexibility index (Phi) is 59.6. The molecule has 9 heteroatoms. The highest BCUT2D eigenvalue weighted by Gasteiger charge is 2.25. The van der Waals surface area contributed by atoms with Crippen LogP contribution < -0.4 is 0 Å². The standard InChI is InChI=1S/C70H131NO8/c1-6-8-10-12-14-16-18-20-22-24-26-28-30-31-32-33-34-35-36-37-39-40-42-44-46-48-50-52-54-56-58-60-67(72)77-64-66(65-78-70(69(74)75)76-63-62-71(3,4)5)79-68(73)61-59-57-55-53-51-49-47-45-43-41-38-29-27-25-23-21-19-17-15-13-11-9-7-2/h19,21,24-27,66,70H,6-18,20,22-23,28-65H2,1-5H3/p+1/b21-19-,26-24-,27-25-. The maximum atomic E-state index is 12.9. The highest BCUT2D eigenvalue weighted by atomic mass is 16.7. The fourth-order valence-corrected chi connectivity index (χ4v) is 10.1. The van der Waals surface area contributed by atoms with Crippen LogP contribution in [-0.4, -0.2) is 87.4 Å². The molecule has 0 saturated carbocycles. The van der Waals surface area contributed by atoms with E-state index < -0.39 is 24.3 Å². The van der Waals surface area contributed by atoms with Gasteiger partial charge in [0.25, 0.3) is 6.29 Å². The van der Waals surface area contributed by atoms with Gasteiger partial charge < -0.3 is 28.5 Å². The molecule has 79 heavy (non-hydrogen) atoms. The monoisotopic (exact) mass is 1110 g/mol. The van der Waals surface area contributed by atoms with Crippen molar-refractivity contribution in [1.29, 1.82) is 0 Å². The Morgan fingerprint density at radius 1 is 0.380 bits per heavy atom. The number of hydrogen-bond acceptors (Lipinski definition) is 7. The molecule has 0 aromatic heterocycles. The minimum atomic E-state index is -1.51. The Bertz CT molecular complexity index is 1390. The summed E-state index contributed by atoms with van der Waals surface area (Å²) in [6, 6.07) is 0. The van der Waals surface area contributed by atoms with Crippen LogP contribution in [-0.2, 0) is 33.3 Å². The first-order valence-electron chi connectivity index (χ1n) is 34.2. The van der Waals surface area contributed by atoms with Crippen LogP contribution in [0.3, 0.4) is 0 Å². The van der Waals surface area contributed by atoms with Crippen molar-refractivity contribution >= 4 is 17.9 Å². The molecule has 2 atom stereocenters. The zero-order valence-electron chi connectivity index (χ0n) is 53.1. The third-order valence-corrected chi connectivity index (χ3v) is 15.4. The molecule has 0 aromatic carbocycles. The fourth-order valence-electron chi connectivity index (χ4n) is 10.1. The first kappa shape index (κ1) is 76.5. The molecular weight excluding hydrogens is 983 g/mol. The zero-order chi connectivity index (χ0) is 57.6. The van der Waals surface area contributed by atoms with Gasteiger partial charge in [-0.05, 0) is 70.6 Å². The first-order valence-corrected chi connectivity index (χ1v) is 34.2. The van der Waals surface area contributed by atoms with Gasteiger partial charge in [-0.1, -0.05) is 288 Å². The van der Waals surface area contributed by atoms with E-state index in [4.69, 9.17) is 18.9 Å². The molecule has 0 spiro atoms. The lowest BCUT2D eigenvalue weighted by atomic mass is 10.0. The molecule has 0 amide bonds. The first-order chi connectivity index (χ1) is 38.6. The molecule has 0 heterocycles. The van der Waals surface area contributed by atoms with E-state index in [2.05, 4.69) is 50.3 Å². The van der Waals surface area contributed by atoms with Crippen molar-refractivity contribution in [3.8, 4) is 0 Å². The highest BCUT2D eigenvalue weighted by molar-refractivity contribution is 5.71. The molecule has 0 rings (SSSR count). The molecule has 2 unspecified atom stereocenters. The number of carboxylic acids is 1. The summed E-state index contributed by atoms with van der Waals surface area (Å²) in [5.74, 6) is -1.98. The Labute approximate surface area is 490 Å². The van der Waals surface area contributed by atoms with Crippen LogP contribution in [0.4, 0.5) is 0 Å². The summed E-state index contributed by atoms with van der Waals surface area (Å²) in [6.07, 6.45) is 74.0. The summed E-state index contributed by atoms with van der Waals surface area (Å²) in [6.45, 7) is 4.92. The van der Waals surface area contributed by atoms with Gasteiger partial charge in [-0.3, -0.25) is 9.59 Å². The number of esters is 2. The highest BCUT2D eigenvalue weighted by Crippen LogP contribution is 2.18. The van der Waals surface area contributed by atoms with E-state index in [1.165, 1.54) is 263 Å². The van der Waals surface area contributed by atoms with Gasteiger partial charge in [0, 0.05) is 12.8 Å². The predicted octanol–water partition coefficient (Wildman–Crippen LogP) is 20.8. The summed E-state index contributed by atoms with van der Waals surface area (Å²) in [5, 5.41) is 9.73. The lowest BCUT2D eigenvalue weighted by Crippen LogP contribution is -2.40. The topological polar surface area (TPSA) is 108 Å². The van der Waals surface area contributed by atoms with Crippen molar-refractivity contribution in [1.82, 2.24) is 0 Å². The van der Waals surface area contributed by atoms with Gasteiger partial charge >= 0.3 is 17.9 Å². The molecule has 9 nitrogen and oxygen atoms in total. The van der Waals surface area contributed by atoms with E-state index in [9.17, 15) is 19.5 Å². The van der Waals surface area contributed by atoms with Crippen molar-refractivity contribution in [3.63, 3.8) is 0 Å². The number of unbranched alkanes of at least 4 members (excludes halogenated alkanes) is 43. The second kappa shape index (κ2) is 61.6. The van der Waals surface area contributed by atoms with Crippen molar-refractivity contribution in [3.05, 3.63) is 36.5 Å². The molecule has 464 valence electrons. The molecule has 0 aromatic rings. The number of carbonyl (C=O) groups is 3. The molecule has 0 saturated heterocycles. The van der Waals surface area contributed by atoms with E-state index >= 15 is 0 Å². The SMILES string of the molecule is CCCCCCC/C=C\C/C=C\CCCCCCCCCCCCCC(=O)OC(COC(=O)CCCCCCCCCCCCCCCCCCCCC/C=C\CCCCCCCCCC)COC(OCC[N+](C)(C)C)C(=O)O. The van der Waals surface area contributed by atoms with Gasteiger partial charge in [-0.15, -0.1) is 0 Å². The second-order valence-electron chi connectivity index (χ2n) is 24.5. The Morgan fingerprint density at radius 3 is 1.01 bits per heavy atom. The van der Waals surface area contributed by atoms with E-state index in [0.717, 1.165) is 44.9 Å². The van der Waals surface area contributed by atoms with Crippen LogP contribution in [0, 0.1) is 0 Å².